The first kappa shape index (κ1) is 22.8. The SMILES string of the molecule is CC(=O)O[C@@H]1CC[C@@]2(C)[C@@H](CC[C@H]3[C@H]2CC[C@]2(C)[C@@H]4[C@H](C[C@@H]32)O[C@]2(CC[C@@H](C)CN2)[C@H]4C)C1. The average molecular weight is 458 g/mol. The molecule has 0 aromatic carbocycles. The Hall–Kier alpha value is -0.610. The van der Waals surface area contributed by atoms with Crippen molar-refractivity contribution in [3.05, 3.63) is 0 Å². The van der Waals surface area contributed by atoms with Crippen LogP contribution in [0, 0.1) is 52.3 Å². The Labute approximate surface area is 201 Å². The minimum absolute atomic E-state index is 0.0502. The fraction of sp³-hybridized carbons (Fsp3) is 0.966. The normalized spacial score (nSPS) is 57.7. The summed E-state index contributed by atoms with van der Waals surface area (Å²) in [4.78, 5) is 11.6. The summed E-state index contributed by atoms with van der Waals surface area (Å²) in [5, 5.41) is 3.89. The van der Waals surface area contributed by atoms with Gasteiger partial charge < -0.3 is 9.47 Å². The molecule has 0 aromatic heterocycles. The molecule has 33 heavy (non-hydrogen) atoms. The van der Waals surface area contributed by atoms with Crippen molar-refractivity contribution < 1.29 is 14.3 Å². The smallest absolute Gasteiger partial charge is 0.302 e. The molecule has 6 rings (SSSR count). The second kappa shape index (κ2) is 7.69. The zero-order chi connectivity index (χ0) is 23.2. The Bertz CT molecular complexity index is 790. The van der Waals surface area contributed by atoms with Crippen LogP contribution in [-0.4, -0.2) is 30.4 Å². The maximum absolute atomic E-state index is 11.6. The monoisotopic (exact) mass is 457 g/mol. The number of rotatable bonds is 1. The number of esters is 1. The van der Waals surface area contributed by atoms with Crippen molar-refractivity contribution in [2.75, 3.05) is 6.54 Å². The molecule has 1 spiro atoms. The van der Waals surface area contributed by atoms with E-state index >= 15 is 0 Å². The number of fused-ring (bicyclic) bond motifs is 7. The lowest BCUT2D eigenvalue weighted by atomic mass is 9.44. The minimum atomic E-state index is -0.1000. The van der Waals surface area contributed by atoms with Crippen molar-refractivity contribution in [2.24, 2.45) is 52.3 Å². The first-order chi connectivity index (χ1) is 15.7. The molecular weight excluding hydrogens is 410 g/mol. The molecule has 2 saturated heterocycles. The van der Waals surface area contributed by atoms with Gasteiger partial charge in [-0.3, -0.25) is 10.1 Å². The average Bonchev–Trinajstić information content (AvgIpc) is 3.21. The molecule has 4 heteroatoms. The van der Waals surface area contributed by atoms with E-state index in [-0.39, 0.29) is 17.8 Å². The second-order valence-electron chi connectivity index (χ2n) is 13.8. The van der Waals surface area contributed by atoms with E-state index < -0.39 is 0 Å². The Morgan fingerprint density at radius 2 is 1.73 bits per heavy atom. The van der Waals surface area contributed by atoms with Gasteiger partial charge in [-0.15, -0.1) is 0 Å². The van der Waals surface area contributed by atoms with Gasteiger partial charge >= 0.3 is 5.97 Å². The first-order valence-electron chi connectivity index (χ1n) is 14.3. The number of nitrogens with one attached hydrogen (secondary N) is 1. The van der Waals surface area contributed by atoms with Crippen LogP contribution in [0.2, 0.25) is 0 Å². The fourth-order valence-corrected chi connectivity index (χ4v) is 10.8. The second-order valence-corrected chi connectivity index (χ2v) is 13.8. The zero-order valence-corrected chi connectivity index (χ0v) is 21.7. The molecule has 1 N–H and O–H groups in total. The number of carbonyl (C=O) groups is 1. The Kier molecular flexibility index (Phi) is 5.32. The highest BCUT2D eigenvalue weighted by molar-refractivity contribution is 5.66. The molecule has 2 heterocycles. The molecule has 6 fully saturated rings. The van der Waals surface area contributed by atoms with Gasteiger partial charge in [0.15, 0.2) is 0 Å². The molecule has 4 nitrogen and oxygen atoms in total. The fourth-order valence-electron chi connectivity index (χ4n) is 10.8. The molecular formula is C29H47NO3. The van der Waals surface area contributed by atoms with Crippen molar-refractivity contribution in [3.63, 3.8) is 0 Å². The van der Waals surface area contributed by atoms with Gasteiger partial charge in [0.25, 0.3) is 0 Å². The summed E-state index contributed by atoms with van der Waals surface area (Å²) in [6.07, 6.45) is 13.3. The summed E-state index contributed by atoms with van der Waals surface area (Å²) in [5.74, 6) is 5.29. The lowest BCUT2D eigenvalue weighted by molar-refractivity contribution is -0.162. The van der Waals surface area contributed by atoms with E-state index in [4.69, 9.17) is 9.47 Å². The van der Waals surface area contributed by atoms with E-state index in [0.29, 0.717) is 22.9 Å². The van der Waals surface area contributed by atoms with Gasteiger partial charge in [0.05, 0.1) is 6.10 Å². The molecule has 4 aliphatic carbocycles. The standard InChI is InChI=1S/C29H47NO3/c1-17-8-13-29(30-16-17)18(2)26-25(33-29)15-24-22-7-6-20-14-21(32-19(3)31)9-11-27(20,4)23(22)10-12-28(24,26)5/h17-18,20-26,30H,6-16H2,1-5H3/t17-,18+,20+,21-,22+,23-,24+,25+,26+,27+,28+,29-/m1/s1. The van der Waals surface area contributed by atoms with Gasteiger partial charge in [-0.2, -0.15) is 0 Å². The molecule has 0 amide bonds. The van der Waals surface area contributed by atoms with E-state index in [1.807, 2.05) is 0 Å². The van der Waals surface area contributed by atoms with Crippen LogP contribution in [0.4, 0.5) is 0 Å². The highest BCUT2D eigenvalue weighted by atomic mass is 16.5. The third-order valence-electron chi connectivity index (χ3n) is 12.4. The Balaban J connectivity index is 1.21. The Morgan fingerprint density at radius 1 is 0.939 bits per heavy atom. The van der Waals surface area contributed by atoms with Gasteiger partial charge in [-0.05, 0) is 111 Å². The zero-order valence-electron chi connectivity index (χ0n) is 21.7. The third-order valence-corrected chi connectivity index (χ3v) is 12.4. The molecule has 4 saturated carbocycles. The lowest BCUT2D eigenvalue weighted by Gasteiger charge is -2.61. The van der Waals surface area contributed by atoms with Gasteiger partial charge in [0, 0.05) is 19.4 Å². The number of ether oxygens (including phenoxy) is 2. The van der Waals surface area contributed by atoms with Gasteiger partial charge in [-0.1, -0.05) is 27.7 Å². The van der Waals surface area contributed by atoms with E-state index in [1.165, 1.54) is 51.4 Å². The van der Waals surface area contributed by atoms with E-state index in [2.05, 4.69) is 33.0 Å². The summed E-state index contributed by atoms with van der Waals surface area (Å²) in [6, 6.07) is 0. The lowest BCUT2D eigenvalue weighted by Crippen LogP contribution is -2.57. The summed E-state index contributed by atoms with van der Waals surface area (Å²) in [7, 11) is 0. The molecule has 0 bridgehead atoms. The summed E-state index contributed by atoms with van der Waals surface area (Å²) in [5.41, 5.74) is 0.830. The van der Waals surface area contributed by atoms with Gasteiger partial charge in [-0.25, -0.2) is 0 Å². The van der Waals surface area contributed by atoms with Crippen LogP contribution >= 0.6 is 0 Å². The highest BCUT2D eigenvalue weighted by Crippen LogP contribution is 2.71. The maximum atomic E-state index is 11.6. The van der Waals surface area contributed by atoms with Crippen LogP contribution in [0.25, 0.3) is 0 Å². The molecule has 6 aliphatic rings. The van der Waals surface area contributed by atoms with E-state index in [0.717, 1.165) is 54.9 Å². The predicted octanol–water partition coefficient (Wildman–Crippen LogP) is 5.94. The van der Waals surface area contributed by atoms with Crippen LogP contribution in [0.3, 0.4) is 0 Å². The van der Waals surface area contributed by atoms with Crippen molar-refractivity contribution in [2.45, 2.75) is 117 Å². The highest BCUT2D eigenvalue weighted by Gasteiger charge is 2.68. The van der Waals surface area contributed by atoms with Gasteiger partial charge in [0.2, 0.25) is 0 Å². The van der Waals surface area contributed by atoms with Crippen LogP contribution in [0.1, 0.15) is 98.8 Å². The number of hydrogen-bond donors (Lipinski definition) is 1. The van der Waals surface area contributed by atoms with Crippen molar-refractivity contribution in [1.82, 2.24) is 5.32 Å². The van der Waals surface area contributed by atoms with Gasteiger partial charge in [0.1, 0.15) is 11.8 Å². The number of piperidine rings is 1. The molecule has 0 radical (unpaired) electrons. The summed E-state index contributed by atoms with van der Waals surface area (Å²) in [6.45, 7) is 12.8. The third kappa shape index (κ3) is 3.25. The van der Waals surface area contributed by atoms with Crippen molar-refractivity contribution in [1.29, 1.82) is 0 Å². The molecule has 0 aromatic rings. The van der Waals surface area contributed by atoms with E-state index in [1.54, 1.807) is 6.92 Å². The molecule has 186 valence electrons. The minimum Gasteiger partial charge on any atom is -0.463 e. The quantitative estimate of drug-likeness (QED) is 0.495. The molecule has 2 aliphatic heterocycles. The maximum Gasteiger partial charge on any atom is 0.302 e. The predicted molar refractivity (Wildman–Crippen MR) is 129 cm³/mol. The van der Waals surface area contributed by atoms with Crippen molar-refractivity contribution in [3.8, 4) is 0 Å². The molecule has 12 atom stereocenters. The van der Waals surface area contributed by atoms with Crippen LogP contribution in [0.15, 0.2) is 0 Å². The molecule has 0 unspecified atom stereocenters. The summed E-state index contributed by atoms with van der Waals surface area (Å²) >= 11 is 0. The van der Waals surface area contributed by atoms with Crippen LogP contribution in [-0.2, 0) is 14.3 Å². The first-order valence-corrected chi connectivity index (χ1v) is 14.3. The van der Waals surface area contributed by atoms with Crippen molar-refractivity contribution >= 4 is 5.97 Å². The van der Waals surface area contributed by atoms with Crippen LogP contribution < -0.4 is 5.32 Å². The van der Waals surface area contributed by atoms with E-state index in [9.17, 15) is 4.79 Å². The Morgan fingerprint density at radius 3 is 2.45 bits per heavy atom. The summed E-state index contributed by atoms with van der Waals surface area (Å²) < 4.78 is 12.7. The number of carbonyl (C=O) groups excluding carboxylic acids is 1. The van der Waals surface area contributed by atoms with Crippen LogP contribution in [0.5, 0.6) is 0 Å². The topological polar surface area (TPSA) is 47.6 Å². The number of hydrogen-bond acceptors (Lipinski definition) is 4. The largest absolute Gasteiger partial charge is 0.463 e.